The van der Waals surface area contributed by atoms with E-state index in [0.717, 1.165) is 38.0 Å². The summed E-state index contributed by atoms with van der Waals surface area (Å²) in [5.41, 5.74) is 10.7. The lowest BCUT2D eigenvalue weighted by Gasteiger charge is -2.23. The van der Waals surface area contributed by atoms with Gasteiger partial charge < -0.3 is 38.9 Å². The predicted molar refractivity (Wildman–Crippen MR) is 102 cm³/mol. The van der Waals surface area contributed by atoms with Crippen LogP contribution in [0.15, 0.2) is 0 Å². The first-order valence-electron chi connectivity index (χ1n) is 8.29. The van der Waals surface area contributed by atoms with Crippen molar-refractivity contribution in [3.63, 3.8) is 0 Å². The minimum absolute atomic E-state index is 0.644. The second kappa shape index (κ2) is 16.6. The van der Waals surface area contributed by atoms with Crippen LogP contribution in [0, 0.1) is 0 Å². The van der Waals surface area contributed by atoms with Crippen molar-refractivity contribution in [3.8, 4) is 0 Å². The maximum atomic E-state index is 5.36. The molecule has 0 bridgehead atoms. The molecule has 8 nitrogen and oxygen atoms in total. The molecule has 0 unspecified atom stereocenters. The molecule has 10 heteroatoms. The Hall–Kier alpha value is 0.114. The monoisotopic (exact) mass is 385 g/mol. The van der Waals surface area contributed by atoms with E-state index in [-0.39, 0.29) is 0 Å². The van der Waals surface area contributed by atoms with Crippen LogP contribution in [0.4, 0.5) is 0 Å². The molecule has 0 aromatic heterocycles. The molecule has 0 aliphatic carbocycles. The van der Waals surface area contributed by atoms with Gasteiger partial charge in [-0.25, -0.2) is 0 Å². The molecule has 0 spiro atoms. The SMILES string of the molecule is CO[Si](C)(CCCNCCN)OC.CO[Si](CCCN)(OC)OC. The van der Waals surface area contributed by atoms with Crippen LogP contribution in [-0.2, 0) is 22.1 Å². The van der Waals surface area contributed by atoms with E-state index in [4.69, 9.17) is 33.6 Å². The number of nitrogens with one attached hydrogen (secondary N) is 1. The Kier molecular flexibility index (Phi) is 18.2. The van der Waals surface area contributed by atoms with Crippen LogP contribution in [0.1, 0.15) is 12.8 Å². The normalized spacial score (nSPS) is 12.0. The maximum absolute atomic E-state index is 5.36. The van der Waals surface area contributed by atoms with Gasteiger partial charge in [-0.1, -0.05) is 0 Å². The van der Waals surface area contributed by atoms with Gasteiger partial charge in [-0.2, -0.15) is 0 Å². The summed E-state index contributed by atoms with van der Waals surface area (Å²) in [6, 6.07) is 1.81. The summed E-state index contributed by atoms with van der Waals surface area (Å²) < 4.78 is 26.2. The van der Waals surface area contributed by atoms with Crippen LogP contribution in [-0.4, -0.2) is 79.1 Å². The van der Waals surface area contributed by atoms with E-state index in [2.05, 4.69) is 11.9 Å². The molecule has 0 fully saturated rings. The van der Waals surface area contributed by atoms with E-state index in [0.29, 0.717) is 13.1 Å². The van der Waals surface area contributed by atoms with Gasteiger partial charge >= 0.3 is 17.4 Å². The predicted octanol–water partition coefficient (Wildman–Crippen LogP) is 0.503. The summed E-state index contributed by atoms with van der Waals surface area (Å²) >= 11 is 0. The fourth-order valence-electron chi connectivity index (χ4n) is 1.92. The van der Waals surface area contributed by atoms with Crippen LogP contribution in [0.5, 0.6) is 0 Å². The zero-order valence-corrected chi connectivity index (χ0v) is 18.4. The molecule has 0 aliphatic heterocycles. The van der Waals surface area contributed by atoms with E-state index in [1.54, 1.807) is 35.5 Å². The third-order valence-electron chi connectivity index (χ3n) is 3.79. The van der Waals surface area contributed by atoms with Gasteiger partial charge in [-0.15, -0.1) is 0 Å². The summed E-state index contributed by atoms with van der Waals surface area (Å²) in [5.74, 6) is 0. The summed E-state index contributed by atoms with van der Waals surface area (Å²) in [5, 5.41) is 3.24. The average Bonchev–Trinajstić information content (AvgIpc) is 2.63. The number of rotatable bonds is 14. The van der Waals surface area contributed by atoms with Crippen LogP contribution in [0.25, 0.3) is 0 Å². The lowest BCUT2D eigenvalue weighted by Crippen LogP contribution is -2.42. The Morgan fingerprint density at radius 1 is 0.708 bits per heavy atom. The Morgan fingerprint density at radius 3 is 1.62 bits per heavy atom. The largest absolute Gasteiger partial charge is 0.500 e. The molecular weight excluding hydrogens is 346 g/mol. The fraction of sp³-hybridized carbons (Fsp3) is 1.00. The van der Waals surface area contributed by atoms with Crippen molar-refractivity contribution < 1.29 is 22.1 Å². The van der Waals surface area contributed by atoms with Crippen molar-refractivity contribution >= 4 is 17.4 Å². The van der Waals surface area contributed by atoms with E-state index < -0.39 is 17.4 Å². The highest BCUT2D eigenvalue weighted by Crippen LogP contribution is 2.14. The van der Waals surface area contributed by atoms with Gasteiger partial charge in [0, 0.05) is 54.7 Å². The number of hydrogen-bond acceptors (Lipinski definition) is 8. The maximum Gasteiger partial charge on any atom is 0.500 e. The minimum atomic E-state index is -2.32. The Labute approximate surface area is 150 Å². The molecule has 0 radical (unpaired) electrons. The topological polar surface area (TPSA) is 110 Å². The molecule has 0 aromatic carbocycles. The van der Waals surface area contributed by atoms with Gasteiger partial charge in [0.15, 0.2) is 0 Å². The zero-order chi connectivity index (χ0) is 18.9. The standard InChI is InChI=1S/C8H22N2O2Si.C6H17NO3Si/c1-11-13(3,12-2)8-4-6-10-7-5-9;1-8-11(9-2,10-3)6-4-5-7/h10H,4-9H2,1-3H3;4-7H2,1-3H3. The lowest BCUT2D eigenvalue weighted by molar-refractivity contribution is 0.123. The van der Waals surface area contributed by atoms with Crippen molar-refractivity contribution in [2.24, 2.45) is 11.5 Å². The molecule has 0 saturated carbocycles. The van der Waals surface area contributed by atoms with Crippen LogP contribution < -0.4 is 16.8 Å². The molecule has 0 aromatic rings. The summed E-state index contributed by atoms with van der Waals surface area (Å²) in [4.78, 5) is 0. The highest BCUT2D eigenvalue weighted by Gasteiger charge is 2.36. The Balaban J connectivity index is 0. The molecule has 0 atom stereocenters. The fourth-order valence-corrected chi connectivity index (χ4v) is 5.07. The van der Waals surface area contributed by atoms with Crippen molar-refractivity contribution in [1.29, 1.82) is 0 Å². The highest BCUT2D eigenvalue weighted by molar-refractivity contribution is 6.65. The van der Waals surface area contributed by atoms with Crippen LogP contribution in [0.3, 0.4) is 0 Å². The molecule has 0 amide bonds. The van der Waals surface area contributed by atoms with E-state index >= 15 is 0 Å². The molecular formula is C14H39N3O5Si2. The molecule has 5 N–H and O–H groups in total. The highest BCUT2D eigenvalue weighted by atomic mass is 28.4. The first kappa shape index (κ1) is 26.3. The van der Waals surface area contributed by atoms with Crippen LogP contribution >= 0.6 is 0 Å². The molecule has 148 valence electrons. The van der Waals surface area contributed by atoms with Gasteiger partial charge in [0.2, 0.25) is 0 Å². The lowest BCUT2D eigenvalue weighted by atomic mass is 10.5. The quantitative estimate of drug-likeness (QED) is 0.293. The summed E-state index contributed by atoms with van der Waals surface area (Å²) in [7, 11) is 4.12. The third kappa shape index (κ3) is 12.5. The second-order valence-electron chi connectivity index (χ2n) is 5.37. The average molecular weight is 386 g/mol. The van der Waals surface area contributed by atoms with Gasteiger partial charge in [-0.3, -0.25) is 0 Å². The Morgan fingerprint density at radius 2 is 1.25 bits per heavy atom. The van der Waals surface area contributed by atoms with E-state index in [1.165, 1.54) is 0 Å². The summed E-state index contributed by atoms with van der Waals surface area (Å²) in [6.07, 6.45) is 1.96. The molecule has 0 saturated heterocycles. The van der Waals surface area contributed by atoms with Gasteiger partial charge in [0.1, 0.15) is 0 Å². The van der Waals surface area contributed by atoms with Crippen molar-refractivity contribution in [1.82, 2.24) is 5.32 Å². The first-order chi connectivity index (χ1) is 11.4. The van der Waals surface area contributed by atoms with Crippen LogP contribution in [0.2, 0.25) is 18.6 Å². The zero-order valence-electron chi connectivity index (χ0n) is 16.4. The number of hydrogen-bond donors (Lipinski definition) is 3. The molecule has 0 rings (SSSR count). The van der Waals surface area contributed by atoms with Gasteiger partial charge in [0.25, 0.3) is 0 Å². The van der Waals surface area contributed by atoms with E-state index in [9.17, 15) is 0 Å². The smallest absolute Gasteiger partial charge is 0.398 e. The minimum Gasteiger partial charge on any atom is -0.398 e. The van der Waals surface area contributed by atoms with E-state index in [1.807, 2.05) is 0 Å². The van der Waals surface area contributed by atoms with Crippen molar-refractivity contribution in [3.05, 3.63) is 0 Å². The van der Waals surface area contributed by atoms with Crippen molar-refractivity contribution in [2.45, 2.75) is 31.5 Å². The summed E-state index contributed by atoms with van der Waals surface area (Å²) in [6.45, 7) is 5.30. The molecule has 0 aliphatic rings. The second-order valence-corrected chi connectivity index (χ2v) is 12.0. The first-order valence-corrected chi connectivity index (χ1v) is 12.7. The van der Waals surface area contributed by atoms with Gasteiger partial charge in [0.05, 0.1) is 0 Å². The Bertz CT molecular complexity index is 263. The van der Waals surface area contributed by atoms with Crippen molar-refractivity contribution in [2.75, 3.05) is 61.7 Å². The van der Waals surface area contributed by atoms with Gasteiger partial charge in [-0.05, 0) is 38.5 Å². The molecule has 0 heterocycles. The number of nitrogens with two attached hydrogens (primary N) is 2. The third-order valence-corrected chi connectivity index (χ3v) is 9.61. The molecule has 24 heavy (non-hydrogen) atoms.